The number of ether oxygens (including phenoxy) is 2. The number of nitrogens with zero attached hydrogens (tertiary/aromatic N) is 1. The van der Waals surface area contributed by atoms with Crippen LogP contribution in [0.5, 0.6) is 11.5 Å². The minimum Gasteiger partial charge on any atom is -0.497 e. The smallest absolute Gasteiger partial charge is 0.264 e. The molecule has 0 fully saturated rings. The van der Waals surface area contributed by atoms with Gasteiger partial charge in [0.25, 0.3) is 15.9 Å². The van der Waals surface area contributed by atoms with Crippen LogP contribution in [0, 0.1) is 0 Å². The van der Waals surface area contributed by atoms with Gasteiger partial charge < -0.3 is 14.8 Å². The van der Waals surface area contributed by atoms with Crippen molar-refractivity contribution in [2.75, 3.05) is 30.4 Å². The molecule has 0 heterocycles. The van der Waals surface area contributed by atoms with Gasteiger partial charge in [-0.1, -0.05) is 29.8 Å². The molecular formula is C24H23ClN2O5S. The Bertz CT molecular complexity index is 1260. The average Bonchev–Trinajstić information content (AvgIpc) is 2.83. The predicted molar refractivity (Wildman–Crippen MR) is 130 cm³/mol. The van der Waals surface area contributed by atoms with E-state index in [0.29, 0.717) is 22.9 Å². The lowest BCUT2D eigenvalue weighted by Gasteiger charge is -2.25. The number of anilines is 2. The molecule has 1 amide bonds. The third-order valence-corrected chi connectivity index (χ3v) is 6.87. The summed E-state index contributed by atoms with van der Waals surface area (Å²) < 4.78 is 38.7. The Kier molecular flexibility index (Phi) is 7.63. The summed E-state index contributed by atoms with van der Waals surface area (Å²) in [5.41, 5.74) is 0.874. The number of benzene rings is 3. The summed E-state index contributed by atoms with van der Waals surface area (Å²) in [6.45, 7) is 3.67. The maximum atomic E-state index is 13.5. The molecule has 3 aromatic carbocycles. The van der Waals surface area contributed by atoms with Crippen molar-refractivity contribution in [2.45, 2.75) is 4.90 Å². The molecule has 0 saturated heterocycles. The van der Waals surface area contributed by atoms with Gasteiger partial charge in [0, 0.05) is 5.69 Å². The number of rotatable bonds is 9. The number of hydrogen-bond acceptors (Lipinski definition) is 5. The largest absolute Gasteiger partial charge is 0.497 e. The molecule has 0 aliphatic carbocycles. The molecule has 0 saturated carbocycles. The van der Waals surface area contributed by atoms with Gasteiger partial charge in [-0.3, -0.25) is 9.10 Å². The van der Waals surface area contributed by atoms with Crippen LogP contribution in [0.3, 0.4) is 0 Å². The van der Waals surface area contributed by atoms with Crippen molar-refractivity contribution < 1.29 is 22.7 Å². The molecule has 0 spiro atoms. The number of carbonyl (C=O) groups excluding carboxylic acids is 1. The molecule has 172 valence electrons. The van der Waals surface area contributed by atoms with Crippen molar-refractivity contribution in [3.63, 3.8) is 0 Å². The third kappa shape index (κ3) is 5.30. The Labute approximate surface area is 198 Å². The van der Waals surface area contributed by atoms with Gasteiger partial charge in [-0.15, -0.1) is 6.58 Å². The molecule has 0 radical (unpaired) electrons. The van der Waals surface area contributed by atoms with E-state index < -0.39 is 15.9 Å². The molecule has 0 bridgehead atoms. The zero-order valence-electron chi connectivity index (χ0n) is 18.1. The SMILES string of the molecule is C=CCN(c1ccccc1OC)S(=O)(=O)c1ccc(Cl)c(C(=O)Nc2ccc(OC)cc2)c1. The Morgan fingerprint density at radius 3 is 2.39 bits per heavy atom. The first-order valence-electron chi connectivity index (χ1n) is 9.83. The summed E-state index contributed by atoms with van der Waals surface area (Å²) in [6.07, 6.45) is 1.47. The van der Waals surface area contributed by atoms with Gasteiger partial charge in [0.2, 0.25) is 0 Å². The molecule has 9 heteroatoms. The Morgan fingerprint density at radius 1 is 1.06 bits per heavy atom. The molecule has 3 rings (SSSR count). The van der Waals surface area contributed by atoms with Crippen LogP contribution >= 0.6 is 11.6 Å². The molecule has 0 aromatic heterocycles. The predicted octanol–water partition coefficient (Wildman–Crippen LogP) is 4.99. The summed E-state index contributed by atoms with van der Waals surface area (Å²) in [7, 11) is -1.08. The highest BCUT2D eigenvalue weighted by molar-refractivity contribution is 7.92. The average molecular weight is 487 g/mol. The highest BCUT2D eigenvalue weighted by Crippen LogP contribution is 2.33. The maximum absolute atomic E-state index is 13.5. The van der Waals surface area contributed by atoms with Crippen LogP contribution in [-0.4, -0.2) is 35.1 Å². The van der Waals surface area contributed by atoms with E-state index in [0.717, 1.165) is 4.31 Å². The van der Waals surface area contributed by atoms with E-state index in [-0.39, 0.29) is 22.0 Å². The zero-order chi connectivity index (χ0) is 24.0. The van der Waals surface area contributed by atoms with Crippen LogP contribution in [0.4, 0.5) is 11.4 Å². The van der Waals surface area contributed by atoms with Gasteiger partial charge in [-0.05, 0) is 54.6 Å². The summed E-state index contributed by atoms with van der Waals surface area (Å²) in [5, 5.41) is 2.83. The van der Waals surface area contributed by atoms with Crippen LogP contribution in [0.15, 0.2) is 84.3 Å². The molecule has 33 heavy (non-hydrogen) atoms. The first-order chi connectivity index (χ1) is 15.8. The number of methoxy groups -OCH3 is 2. The second-order valence-electron chi connectivity index (χ2n) is 6.82. The van der Waals surface area contributed by atoms with Crippen LogP contribution in [0.2, 0.25) is 5.02 Å². The highest BCUT2D eigenvalue weighted by atomic mass is 35.5. The van der Waals surface area contributed by atoms with Gasteiger partial charge >= 0.3 is 0 Å². The summed E-state index contributed by atoms with van der Waals surface area (Å²) in [6, 6.07) is 17.4. The second kappa shape index (κ2) is 10.4. The van der Waals surface area contributed by atoms with Gasteiger partial charge in [-0.25, -0.2) is 8.42 Å². The fraction of sp³-hybridized carbons (Fsp3) is 0.125. The van der Waals surface area contributed by atoms with E-state index in [1.54, 1.807) is 55.6 Å². The van der Waals surface area contributed by atoms with E-state index >= 15 is 0 Å². The summed E-state index contributed by atoms with van der Waals surface area (Å²) in [4.78, 5) is 12.8. The number of nitrogens with one attached hydrogen (secondary N) is 1. The lowest BCUT2D eigenvalue weighted by molar-refractivity contribution is 0.102. The van der Waals surface area contributed by atoms with Gasteiger partial charge in [0.1, 0.15) is 11.5 Å². The Morgan fingerprint density at radius 2 is 1.76 bits per heavy atom. The standard InChI is InChI=1S/C24H23ClN2O5S/c1-4-15-27(22-7-5-6-8-23(22)32-3)33(29,30)19-13-14-21(25)20(16-19)24(28)26-17-9-11-18(31-2)12-10-17/h4-14,16H,1,15H2,2-3H3,(H,26,28). The molecule has 0 atom stereocenters. The van der Waals surface area contributed by atoms with Crippen molar-refractivity contribution in [1.82, 2.24) is 0 Å². The number of halogens is 1. The molecular weight excluding hydrogens is 464 g/mol. The van der Waals surface area contributed by atoms with Crippen LogP contribution < -0.4 is 19.1 Å². The van der Waals surface area contributed by atoms with Crippen LogP contribution in [-0.2, 0) is 10.0 Å². The fourth-order valence-electron chi connectivity index (χ4n) is 3.12. The van der Waals surface area contributed by atoms with Crippen molar-refractivity contribution in [3.05, 3.63) is 90.0 Å². The number of sulfonamides is 1. The van der Waals surface area contributed by atoms with Crippen molar-refractivity contribution in [3.8, 4) is 11.5 Å². The Hall–Kier alpha value is -3.49. The minimum atomic E-state index is -4.08. The van der Waals surface area contributed by atoms with E-state index in [4.69, 9.17) is 21.1 Å². The van der Waals surface area contributed by atoms with Crippen LogP contribution in [0.25, 0.3) is 0 Å². The third-order valence-electron chi connectivity index (χ3n) is 4.77. The van der Waals surface area contributed by atoms with E-state index in [1.807, 2.05) is 0 Å². The topological polar surface area (TPSA) is 84.9 Å². The zero-order valence-corrected chi connectivity index (χ0v) is 19.7. The molecule has 0 aliphatic heterocycles. The molecule has 0 unspecified atom stereocenters. The molecule has 7 nitrogen and oxygen atoms in total. The van der Waals surface area contributed by atoms with Crippen molar-refractivity contribution >= 4 is 38.9 Å². The quantitative estimate of drug-likeness (QED) is 0.431. The number of hydrogen-bond donors (Lipinski definition) is 1. The minimum absolute atomic E-state index is 0.00128. The van der Waals surface area contributed by atoms with Crippen molar-refractivity contribution in [1.29, 1.82) is 0 Å². The van der Waals surface area contributed by atoms with Gasteiger partial charge in [0.05, 0.1) is 41.9 Å². The van der Waals surface area contributed by atoms with Gasteiger partial charge in [-0.2, -0.15) is 0 Å². The number of carbonyl (C=O) groups is 1. The lowest BCUT2D eigenvalue weighted by Crippen LogP contribution is -2.31. The first kappa shape index (κ1) is 24.2. The molecule has 3 aromatic rings. The summed E-state index contributed by atoms with van der Waals surface area (Å²) >= 11 is 6.24. The lowest BCUT2D eigenvalue weighted by atomic mass is 10.2. The molecule has 1 N–H and O–H groups in total. The summed E-state index contributed by atoms with van der Waals surface area (Å²) in [5.74, 6) is 0.474. The van der Waals surface area contributed by atoms with E-state index in [1.165, 1.54) is 31.4 Å². The van der Waals surface area contributed by atoms with Gasteiger partial charge in [0.15, 0.2) is 0 Å². The normalized spacial score (nSPS) is 10.9. The van der Waals surface area contributed by atoms with E-state index in [9.17, 15) is 13.2 Å². The molecule has 0 aliphatic rings. The van der Waals surface area contributed by atoms with E-state index in [2.05, 4.69) is 11.9 Å². The Balaban J connectivity index is 1.98. The second-order valence-corrected chi connectivity index (χ2v) is 9.09. The highest BCUT2D eigenvalue weighted by Gasteiger charge is 2.28. The number of para-hydroxylation sites is 2. The van der Waals surface area contributed by atoms with Crippen molar-refractivity contribution in [2.24, 2.45) is 0 Å². The number of amides is 1. The first-order valence-corrected chi connectivity index (χ1v) is 11.6. The maximum Gasteiger partial charge on any atom is 0.264 e. The monoisotopic (exact) mass is 486 g/mol. The fourth-order valence-corrected chi connectivity index (χ4v) is 4.79. The van der Waals surface area contributed by atoms with Crippen LogP contribution in [0.1, 0.15) is 10.4 Å².